The Morgan fingerprint density at radius 3 is 2.45 bits per heavy atom. The molecule has 106 valence electrons. The highest BCUT2D eigenvalue weighted by Crippen LogP contribution is 2.31. The number of benzene rings is 2. The maximum atomic E-state index is 12.5. The van der Waals surface area contributed by atoms with Crippen molar-refractivity contribution in [3.63, 3.8) is 0 Å². The van der Waals surface area contributed by atoms with Gasteiger partial charge in [-0.3, -0.25) is 0 Å². The standard InChI is InChI=1S/C15H12ClF3O/c16-14-7-2-1-4-11(14)8-9-20-13-6-3-5-12(10-13)15(17,18)19/h1-7,10H,8-9H2. The Hall–Kier alpha value is -1.68. The molecular weight excluding hydrogens is 289 g/mol. The van der Waals surface area contributed by atoms with Gasteiger partial charge < -0.3 is 4.74 Å². The summed E-state index contributed by atoms with van der Waals surface area (Å²) in [5, 5.41) is 0.625. The fourth-order valence-corrected chi connectivity index (χ4v) is 1.97. The van der Waals surface area contributed by atoms with Gasteiger partial charge in [0.1, 0.15) is 5.75 Å². The fourth-order valence-electron chi connectivity index (χ4n) is 1.74. The van der Waals surface area contributed by atoms with E-state index >= 15 is 0 Å². The van der Waals surface area contributed by atoms with Crippen molar-refractivity contribution in [1.29, 1.82) is 0 Å². The molecule has 0 radical (unpaired) electrons. The lowest BCUT2D eigenvalue weighted by Gasteiger charge is -2.10. The third-order valence-corrected chi connectivity index (χ3v) is 3.13. The zero-order chi connectivity index (χ0) is 14.6. The SMILES string of the molecule is FC(F)(F)c1cccc(OCCc2ccccc2Cl)c1. The Morgan fingerprint density at radius 2 is 1.75 bits per heavy atom. The van der Waals surface area contributed by atoms with Crippen LogP contribution in [0, 0.1) is 0 Å². The van der Waals surface area contributed by atoms with E-state index < -0.39 is 11.7 Å². The first-order valence-electron chi connectivity index (χ1n) is 6.00. The van der Waals surface area contributed by atoms with Crippen molar-refractivity contribution in [2.24, 2.45) is 0 Å². The molecule has 0 aliphatic carbocycles. The maximum Gasteiger partial charge on any atom is 0.416 e. The van der Waals surface area contributed by atoms with E-state index in [9.17, 15) is 13.2 Å². The molecule has 0 spiro atoms. The summed E-state index contributed by atoms with van der Waals surface area (Å²) in [5.41, 5.74) is 0.189. The lowest BCUT2D eigenvalue weighted by atomic mass is 10.1. The summed E-state index contributed by atoms with van der Waals surface area (Å²) in [6, 6.07) is 12.1. The summed E-state index contributed by atoms with van der Waals surface area (Å²) < 4.78 is 42.9. The molecule has 0 fully saturated rings. The Bertz CT molecular complexity index is 581. The monoisotopic (exact) mass is 300 g/mol. The lowest BCUT2D eigenvalue weighted by Crippen LogP contribution is -2.06. The van der Waals surface area contributed by atoms with Gasteiger partial charge in [-0.15, -0.1) is 0 Å². The highest BCUT2D eigenvalue weighted by Gasteiger charge is 2.30. The molecule has 2 aromatic rings. The number of rotatable bonds is 4. The minimum atomic E-state index is -4.36. The van der Waals surface area contributed by atoms with Crippen LogP contribution in [0.25, 0.3) is 0 Å². The van der Waals surface area contributed by atoms with Crippen LogP contribution < -0.4 is 4.74 Å². The molecule has 0 saturated heterocycles. The smallest absolute Gasteiger partial charge is 0.416 e. The molecule has 0 unspecified atom stereocenters. The average molecular weight is 301 g/mol. The van der Waals surface area contributed by atoms with Crippen LogP contribution >= 0.6 is 11.6 Å². The number of halogens is 4. The highest BCUT2D eigenvalue weighted by atomic mass is 35.5. The minimum Gasteiger partial charge on any atom is -0.493 e. The van der Waals surface area contributed by atoms with Crippen molar-refractivity contribution < 1.29 is 17.9 Å². The molecule has 0 N–H and O–H groups in total. The number of hydrogen-bond acceptors (Lipinski definition) is 1. The van der Waals surface area contributed by atoms with Gasteiger partial charge in [0.05, 0.1) is 12.2 Å². The third-order valence-electron chi connectivity index (χ3n) is 2.76. The third kappa shape index (κ3) is 3.90. The lowest BCUT2D eigenvalue weighted by molar-refractivity contribution is -0.137. The molecule has 0 atom stereocenters. The van der Waals surface area contributed by atoms with E-state index in [0.717, 1.165) is 17.7 Å². The Balaban J connectivity index is 1.97. The highest BCUT2D eigenvalue weighted by molar-refractivity contribution is 6.31. The quantitative estimate of drug-likeness (QED) is 0.773. The second kappa shape index (κ2) is 6.18. The van der Waals surface area contributed by atoms with E-state index in [-0.39, 0.29) is 12.4 Å². The summed E-state index contributed by atoms with van der Waals surface area (Å²) in [6.45, 7) is 0.269. The summed E-state index contributed by atoms with van der Waals surface area (Å²) >= 11 is 5.99. The number of ether oxygens (including phenoxy) is 1. The van der Waals surface area contributed by atoms with Gasteiger partial charge in [0.2, 0.25) is 0 Å². The van der Waals surface area contributed by atoms with Crippen molar-refractivity contribution in [2.75, 3.05) is 6.61 Å². The molecule has 0 aliphatic heterocycles. The Labute approximate surface area is 119 Å². The maximum absolute atomic E-state index is 12.5. The minimum absolute atomic E-state index is 0.201. The topological polar surface area (TPSA) is 9.23 Å². The van der Waals surface area contributed by atoms with Crippen LogP contribution in [0.2, 0.25) is 5.02 Å². The molecule has 2 aromatic carbocycles. The van der Waals surface area contributed by atoms with Gasteiger partial charge in [0, 0.05) is 11.4 Å². The van der Waals surface area contributed by atoms with E-state index in [1.54, 1.807) is 6.07 Å². The first-order chi connectivity index (χ1) is 9.47. The average Bonchev–Trinajstić information content (AvgIpc) is 2.40. The molecule has 5 heteroatoms. The first kappa shape index (κ1) is 14.7. The van der Waals surface area contributed by atoms with Gasteiger partial charge in [-0.2, -0.15) is 13.2 Å². The van der Waals surface area contributed by atoms with Gasteiger partial charge in [-0.25, -0.2) is 0 Å². The van der Waals surface area contributed by atoms with Crippen molar-refractivity contribution in [3.05, 3.63) is 64.7 Å². The van der Waals surface area contributed by atoms with Gasteiger partial charge in [-0.1, -0.05) is 35.9 Å². The van der Waals surface area contributed by atoms with Crippen LogP contribution in [0.15, 0.2) is 48.5 Å². The molecule has 20 heavy (non-hydrogen) atoms. The summed E-state index contributed by atoms with van der Waals surface area (Å²) in [7, 11) is 0. The molecule has 0 aromatic heterocycles. The van der Waals surface area contributed by atoms with E-state index in [1.165, 1.54) is 12.1 Å². The zero-order valence-electron chi connectivity index (χ0n) is 10.5. The predicted molar refractivity (Wildman–Crippen MR) is 72.1 cm³/mol. The molecule has 0 aliphatic rings. The van der Waals surface area contributed by atoms with Crippen molar-refractivity contribution in [1.82, 2.24) is 0 Å². The van der Waals surface area contributed by atoms with E-state index in [4.69, 9.17) is 16.3 Å². The molecule has 1 nitrogen and oxygen atoms in total. The van der Waals surface area contributed by atoms with Crippen LogP contribution in [-0.2, 0) is 12.6 Å². The number of hydrogen-bond donors (Lipinski definition) is 0. The second-order valence-corrected chi connectivity index (χ2v) is 4.62. The van der Waals surface area contributed by atoms with E-state index in [1.807, 2.05) is 18.2 Å². The summed E-state index contributed by atoms with van der Waals surface area (Å²) in [4.78, 5) is 0. The molecule has 2 rings (SSSR count). The molecule has 0 saturated carbocycles. The van der Waals surface area contributed by atoms with Gasteiger partial charge in [-0.05, 0) is 29.8 Å². The van der Waals surface area contributed by atoms with E-state index in [2.05, 4.69) is 0 Å². The van der Waals surface area contributed by atoms with Crippen molar-refractivity contribution in [3.8, 4) is 5.75 Å². The second-order valence-electron chi connectivity index (χ2n) is 4.22. The van der Waals surface area contributed by atoms with Crippen LogP contribution in [0.5, 0.6) is 5.75 Å². The predicted octanol–water partition coefficient (Wildman–Crippen LogP) is 4.98. The number of alkyl halides is 3. The molecule has 0 heterocycles. The van der Waals surface area contributed by atoms with E-state index in [0.29, 0.717) is 11.4 Å². The molecule has 0 amide bonds. The molecule has 0 bridgehead atoms. The summed E-state index contributed by atoms with van der Waals surface area (Å²) in [5.74, 6) is 0.201. The van der Waals surface area contributed by atoms with Crippen molar-refractivity contribution >= 4 is 11.6 Å². The Morgan fingerprint density at radius 1 is 1.00 bits per heavy atom. The van der Waals surface area contributed by atoms with Crippen molar-refractivity contribution in [2.45, 2.75) is 12.6 Å². The normalized spacial score (nSPS) is 11.4. The van der Waals surface area contributed by atoms with Crippen LogP contribution in [0.4, 0.5) is 13.2 Å². The van der Waals surface area contributed by atoms with Crippen LogP contribution in [0.3, 0.4) is 0 Å². The largest absolute Gasteiger partial charge is 0.493 e. The van der Waals surface area contributed by atoms with Gasteiger partial charge in [0.15, 0.2) is 0 Å². The first-order valence-corrected chi connectivity index (χ1v) is 6.38. The Kier molecular flexibility index (Phi) is 4.55. The van der Waals surface area contributed by atoms with Gasteiger partial charge in [0.25, 0.3) is 0 Å². The van der Waals surface area contributed by atoms with Gasteiger partial charge >= 0.3 is 6.18 Å². The van der Waals surface area contributed by atoms with Crippen LogP contribution in [0.1, 0.15) is 11.1 Å². The summed E-state index contributed by atoms with van der Waals surface area (Å²) in [6.07, 6.45) is -3.82. The molecular formula is C15H12ClF3O. The zero-order valence-corrected chi connectivity index (χ0v) is 11.2. The fraction of sp³-hybridized carbons (Fsp3) is 0.200. The van der Waals surface area contributed by atoms with Crippen LogP contribution in [-0.4, -0.2) is 6.61 Å².